The maximum absolute atomic E-state index is 3.92. The van der Waals surface area contributed by atoms with Crippen LogP contribution in [0.4, 0.5) is 0 Å². The molecule has 2 fully saturated rings. The van der Waals surface area contributed by atoms with Crippen LogP contribution in [0.1, 0.15) is 49.8 Å². The van der Waals surface area contributed by atoms with Crippen molar-refractivity contribution < 1.29 is 0 Å². The van der Waals surface area contributed by atoms with E-state index in [-0.39, 0.29) is 0 Å². The highest BCUT2D eigenvalue weighted by molar-refractivity contribution is 7.11. The van der Waals surface area contributed by atoms with E-state index >= 15 is 0 Å². The zero-order valence-electron chi connectivity index (χ0n) is 13.8. The third-order valence-corrected chi connectivity index (χ3v) is 6.64. The highest BCUT2D eigenvalue weighted by Crippen LogP contribution is 2.36. The average Bonchev–Trinajstić information content (AvgIpc) is 2.92. The van der Waals surface area contributed by atoms with Crippen LogP contribution < -0.4 is 5.32 Å². The zero-order valence-corrected chi connectivity index (χ0v) is 14.6. The topological polar surface area (TPSA) is 15.3 Å². The molecule has 1 saturated carbocycles. The summed E-state index contributed by atoms with van der Waals surface area (Å²) in [6.07, 6.45) is 5.45. The van der Waals surface area contributed by atoms with Gasteiger partial charge in [-0.25, -0.2) is 0 Å². The van der Waals surface area contributed by atoms with Gasteiger partial charge in [0.25, 0.3) is 0 Å². The number of piperidine rings is 1. The number of rotatable bonds is 5. The van der Waals surface area contributed by atoms with Gasteiger partial charge < -0.3 is 10.2 Å². The van der Waals surface area contributed by atoms with E-state index in [1.165, 1.54) is 48.5 Å². The SMILES string of the molecule is CCc1ccc(CNC2C3CCCC2CN(C(C)C)C3)s1. The van der Waals surface area contributed by atoms with E-state index < -0.39 is 0 Å². The van der Waals surface area contributed by atoms with Crippen molar-refractivity contribution in [3.63, 3.8) is 0 Å². The molecule has 1 aromatic heterocycles. The first kappa shape index (κ1) is 15.5. The number of fused-ring (bicyclic) bond motifs is 2. The Hall–Kier alpha value is -0.380. The lowest BCUT2D eigenvalue weighted by Gasteiger charge is -2.49. The molecule has 0 amide bonds. The first-order valence-electron chi connectivity index (χ1n) is 8.72. The molecule has 0 spiro atoms. The first-order chi connectivity index (χ1) is 10.2. The molecule has 2 bridgehead atoms. The molecule has 21 heavy (non-hydrogen) atoms. The van der Waals surface area contributed by atoms with Crippen LogP contribution in [0.3, 0.4) is 0 Å². The monoisotopic (exact) mass is 306 g/mol. The number of nitrogens with zero attached hydrogens (tertiary/aromatic N) is 1. The van der Waals surface area contributed by atoms with Crippen molar-refractivity contribution in [2.45, 2.75) is 65.1 Å². The maximum atomic E-state index is 3.92. The second kappa shape index (κ2) is 6.80. The van der Waals surface area contributed by atoms with Crippen molar-refractivity contribution >= 4 is 11.3 Å². The van der Waals surface area contributed by atoms with Gasteiger partial charge in [-0.1, -0.05) is 13.3 Å². The van der Waals surface area contributed by atoms with Crippen molar-refractivity contribution in [1.82, 2.24) is 10.2 Å². The summed E-state index contributed by atoms with van der Waals surface area (Å²) < 4.78 is 0. The summed E-state index contributed by atoms with van der Waals surface area (Å²) in [5, 5.41) is 3.92. The summed E-state index contributed by atoms with van der Waals surface area (Å²) in [7, 11) is 0. The molecule has 1 aromatic rings. The highest BCUT2D eigenvalue weighted by atomic mass is 32.1. The molecular formula is C18H30N2S. The van der Waals surface area contributed by atoms with Crippen LogP contribution in [0.15, 0.2) is 12.1 Å². The maximum Gasteiger partial charge on any atom is 0.0302 e. The van der Waals surface area contributed by atoms with E-state index in [1.54, 1.807) is 0 Å². The minimum absolute atomic E-state index is 0.707. The minimum atomic E-state index is 0.707. The molecule has 1 saturated heterocycles. The Morgan fingerprint density at radius 1 is 1.19 bits per heavy atom. The Morgan fingerprint density at radius 3 is 2.43 bits per heavy atom. The predicted molar refractivity (Wildman–Crippen MR) is 91.9 cm³/mol. The van der Waals surface area contributed by atoms with Crippen molar-refractivity contribution in [3.05, 3.63) is 21.9 Å². The van der Waals surface area contributed by atoms with Crippen LogP contribution in [0.25, 0.3) is 0 Å². The van der Waals surface area contributed by atoms with E-state index in [4.69, 9.17) is 0 Å². The molecule has 2 unspecified atom stereocenters. The Morgan fingerprint density at radius 2 is 1.86 bits per heavy atom. The van der Waals surface area contributed by atoms with Gasteiger partial charge in [0.2, 0.25) is 0 Å². The van der Waals surface area contributed by atoms with E-state index in [0.717, 1.165) is 24.4 Å². The molecule has 3 rings (SSSR count). The van der Waals surface area contributed by atoms with Gasteiger partial charge in [-0.2, -0.15) is 0 Å². The quantitative estimate of drug-likeness (QED) is 0.887. The lowest BCUT2D eigenvalue weighted by atomic mass is 9.73. The fourth-order valence-electron chi connectivity index (χ4n) is 4.15. The van der Waals surface area contributed by atoms with Gasteiger partial charge in [-0.15, -0.1) is 11.3 Å². The van der Waals surface area contributed by atoms with E-state index in [0.29, 0.717) is 6.04 Å². The number of likely N-dealkylation sites (tertiary alicyclic amines) is 1. The second-order valence-electron chi connectivity index (χ2n) is 7.13. The number of thiophene rings is 1. The smallest absolute Gasteiger partial charge is 0.0302 e. The molecule has 118 valence electrons. The first-order valence-corrected chi connectivity index (χ1v) is 9.54. The number of aryl methyl sites for hydroxylation is 1. The van der Waals surface area contributed by atoms with Crippen molar-refractivity contribution in [2.24, 2.45) is 11.8 Å². The third-order valence-electron chi connectivity index (χ3n) is 5.41. The van der Waals surface area contributed by atoms with Crippen molar-refractivity contribution in [3.8, 4) is 0 Å². The van der Waals surface area contributed by atoms with E-state index in [1.807, 2.05) is 11.3 Å². The van der Waals surface area contributed by atoms with Crippen LogP contribution in [0, 0.1) is 11.8 Å². The Labute approximate surface area is 133 Å². The molecule has 2 heterocycles. The lowest BCUT2D eigenvalue weighted by molar-refractivity contribution is 0.0291. The summed E-state index contributed by atoms with van der Waals surface area (Å²) >= 11 is 1.98. The van der Waals surface area contributed by atoms with Crippen LogP contribution in [0.5, 0.6) is 0 Å². The Balaban J connectivity index is 1.60. The highest BCUT2D eigenvalue weighted by Gasteiger charge is 2.39. The van der Waals surface area contributed by atoms with Gasteiger partial charge in [-0.3, -0.25) is 0 Å². The van der Waals surface area contributed by atoms with Crippen LogP contribution in [-0.4, -0.2) is 30.1 Å². The summed E-state index contributed by atoms with van der Waals surface area (Å²) in [4.78, 5) is 5.73. The van der Waals surface area contributed by atoms with Crippen LogP contribution in [0.2, 0.25) is 0 Å². The fraction of sp³-hybridized carbons (Fsp3) is 0.778. The zero-order chi connectivity index (χ0) is 14.8. The van der Waals surface area contributed by atoms with Gasteiger partial charge in [-0.05, 0) is 57.1 Å². The second-order valence-corrected chi connectivity index (χ2v) is 8.38. The van der Waals surface area contributed by atoms with Crippen molar-refractivity contribution in [1.29, 1.82) is 0 Å². The molecular weight excluding hydrogens is 276 g/mol. The average molecular weight is 307 g/mol. The minimum Gasteiger partial charge on any atom is -0.308 e. The molecule has 0 radical (unpaired) electrons. The summed E-state index contributed by atoms with van der Waals surface area (Å²) in [5.74, 6) is 1.73. The largest absolute Gasteiger partial charge is 0.308 e. The third kappa shape index (κ3) is 3.52. The van der Waals surface area contributed by atoms with Gasteiger partial charge in [0.05, 0.1) is 0 Å². The van der Waals surface area contributed by atoms with E-state index in [9.17, 15) is 0 Å². The summed E-state index contributed by atoms with van der Waals surface area (Å²) in [5.41, 5.74) is 0. The molecule has 1 aliphatic carbocycles. The molecule has 0 aromatic carbocycles. The number of nitrogens with one attached hydrogen (secondary N) is 1. The van der Waals surface area contributed by atoms with Crippen LogP contribution in [-0.2, 0) is 13.0 Å². The molecule has 1 N–H and O–H groups in total. The Kier molecular flexibility index (Phi) is 5.03. The van der Waals surface area contributed by atoms with Gasteiger partial charge in [0.15, 0.2) is 0 Å². The molecule has 2 nitrogen and oxygen atoms in total. The lowest BCUT2D eigenvalue weighted by Crippen LogP contribution is -2.58. The molecule has 3 heteroatoms. The molecule has 1 aliphatic heterocycles. The number of hydrogen-bond donors (Lipinski definition) is 1. The summed E-state index contributed by atoms with van der Waals surface area (Å²) in [6.45, 7) is 10.6. The fourth-order valence-corrected chi connectivity index (χ4v) is 5.06. The number of hydrogen-bond acceptors (Lipinski definition) is 3. The van der Waals surface area contributed by atoms with E-state index in [2.05, 4.69) is 43.1 Å². The molecule has 2 aliphatic rings. The van der Waals surface area contributed by atoms with Gasteiger partial charge in [0, 0.05) is 41.5 Å². The van der Waals surface area contributed by atoms with Gasteiger partial charge in [0.1, 0.15) is 0 Å². The normalized spacial score (nSPS) is 30.0. The Bertz CT molecular complexity index is 440. The summed E-state index contributed by atoms with van der Waals surface area (Å²) in [6, 6.07) is 6.07. The molecule has 2 atom stereocenters. The van der Waals surface area contributed by atoms with Crippen molar-refractivity contribution in [2.75, 3.05) is 13.1 Å². The predicted octanol–water partition coefficient (Wildman–Crippen LogP) is 3.91. The van der Waals surface area contributed by atoms with Gasteiger partial charge >= 0.3 is 0 Å². The standard InChI is InChI=1S/C18H30N2S/c1-4-16-8-9-17(21-16)10-19-18-14-6-5-7-15(18)12-20(11-14)13(2)3/h8-9,13-15,18-19H,4-7,10-12H2,1-3H3. The van der Waals surface area contributed by atoms with Crippen LogP contribution >= 0.6 is 11.3 Å².